The van der Waals surface area contributed by atoms with Crippen LogP contribution in [0.3, 0.4) is 0 Å². The smallest absolute Gasteiger partial charge is 0.341 e. The summed E-state index contributed by atoms with van der Waals surface area (Å²) in [6, 6.07) is 3.55. The number of benzene rings is 1. The lowest BCUT2D eigenvalue weighted by molar-refractivity contribution is -0.119. The molecular weight excluding hydrogens is 410 g/mol. The number of hydrogen-bond acceptors (Lipinski definition) is 5. The zero-order valence-electron chi connectivity index (χ0n) is 16.4. The Bertz CT molecular complexity index is 1270. The molecule has 1 aliphatic heterocycles. The molecule has 8 nitrogen and oxygen atoms in total. The molecule has 1 amide bonds. The number of carbonyl (C=O) groups excluding carboxylic acids is 1. The third-order valence-corrected chi connectivity index (χ3v) is 5.25. The topological polar surface area (TPSA) is 105 Å². The normalized spacial score (nSPS) is 16.0. The largest absolute Gasteiger partial charge is 0.477 e. The number of nitrogens with zero attached hydrogens (tertiary/aromatic N) is 3. The fourth-order valence-corrected chi connectivity index (χ4v) is 3.88. The first-order valence-corrected chi connectivity index (χ1v) is 9.50. The van der Waals surface area contributed by atoms with Gasteiger partial charge in [-0.3, -0.25) is 14.6 Å². The van der Waals surface area contributed by atoms with Crippen molar-refractivity contribution in [3.05, 3.63) is 64.2 Å². The molecule has 31 heavy (non-hydrogen) atoms. The lowest BCUT2D eigenvalue weighted by atomic mass is 10.1. The molecule has 1 atom stereocenters. The van der Waals surface area contributed by atoms with Crippen LogP contribution in [0.1, 0.15) is 23.7 Å². The molecule has 10 heteroatoms. The van der Waals surface area contributed by atoms with Crippen LogP contribution in [-0.2, 0) is 4.79 Å². The Balaban J connectivity index is 1.92. The molecule has 1 aromatic carbocycles. The van der Waals surface area contributed by atoms with E-state index >= 15 is 0 Å². The lowest BCUT2D eigenvalue weighted by Crippen LogP contribution is -2.35. The number of carboxylic acid groups (broad SMARTS) is 1. The van der Waals surface area contributed by atoms with Crippen molar-refractivity contribution in [3.8, 4) is 5.69 Å². The highest BCUT2D eigenvalue weighted by atomic mass is 19.1. The van der Waals surface area contributed by atoms with Crippen LogP contribution in [0.2, 0.25) is 0 Å². The van der Waals surface area contributed by atoms with Gasteiger partial charge in [-0.2, -0.15) is 0 Å². The van der Waals surface area contributed by atoms with E-state index in [-0.39, 0.29) is 34.2 Å². The number of carbonyl (C=O) groups is 2. The second-order valence-electron chi connectivity index (χ2n) is 7.33. The van der Waals surface area contributed by atoms with Crippen molar-refractivity contribution in [1.82, 2.24) is 14.9 Å². The second kappa shape index (κ2) is 7.78. The molecule has 1 fully saturated rings. The van der Waals surface area contributed by atoms with Crippen molar-refractivity contribution >= 4 is 28.5 Å². The average molecular weight is 428 g/mol. The van der Waals surface area contributed by atoms with Gasteiger partial charge in [0.05, 0.1) is 23.1 Å². The zero-order chi connectivity index (χ0) is 22.3. The quantitative estimate of drug-likeness (QED) is 0.659. The van der Waals surface area contributed by atoms with Gasteiger partial charge in [0, 0.05) is 43.8 Å². The number of amides is 1. The first kappa shape index (κ1) is 20.5. The van der Waals surface area contributed by atoms with Crippen LogP contribution in [0.5, 0.6) is 0 Å². The first-order valence-electron chi connectivity index (χ1n) is 9.50. The van der Waals surface area contributed by atoms with Gasteiger partial charge >= 0.3 is 5.97 Å². The monoisotopic (exact) mass is 428 g/mol. The molecule has 0 radical (unpaired) electrons. The standard InChI is InChI=1S/C21H18F2N4O4/c1-11(28)25-12-3-5-26(9-12)19-7-18-13(6-15(19)22)20(29)14(21(30)31)10-27(18)17-2-4-24-8-16(17)23/h2,4,6-8,10,12H,3,5,9H2,1H3,(H,25,28)(H,30,31). The molecule has 1 aliphatic rings. The second-order valence-corrected chi connectivity index (χ2v) is 7.33. The van der Waals surface area contributed by atoms with Crippen LogP contribution in [0.25, 0.3) is 16.6 Å². The fourth-order valence-electron chi connectivity index (χ4n) is 3.88. The summed E-state index contributed by atoms with van der Waals surface area (Å²) in [5.74, 6) is -3.13. The van der Waals surface area contributed by atoms with Gasteiger partial charge < -0.3 is 19.9 Å². The van der Waals surface area contributed by atoms with Crippen molar-refractivity contribution in [2.24, 2.45) is 0 Å². The zero-order valence-corrected chi connectivity index (χ0v) is 16.4. The number of rotatable bonds is 4. The lowest BCUT2D eigenvalue weighted by Gasteiger charge is -2.21. The summed E-state index contributed by atoms with van der Waals surface area (Å²) in [5, 5.41) is 12.0. The molecule has 0 bridgehead atoms. The van der Waals surface area contributed by atoms with Crippen LogP contribution in [-0.4, -0.2) is 45.7 Å². The molecule has 3 heterocycles. The molecule has 0 spiro atoms. The number of aromatic carboxylic acids is 1. The Morgan fingerprint density at radius 1 is 1.23 bits per heavy atom. The minimum absolute atomic E-state index is 0.0300. The van der Waals surface area contributed by atoms with E-state index in [1.807, 2.05) is 0 Å². The van der Waals surface area contributed by atoms with Crippen molar-refractivity contribution < 1.29 is 23.5 Å². The molecule has 1 unspecified atom stereocenters. The maximum Gasteiger partial charge on any atom is 0.341 e. The Morgan fingerprint density at radius 2 is 2.00 bits per heavy atom. The van der Waals surface area contributed by atoms with Crippen molar-refractivity contribution in [1.29, 1.82) is 0 Å². The van der Waals surface area contributed by atoms with Gasteiger partial charge in [-0.25, -0.2) is 13.6 Å². The van der Waals surface area contributed by atoms with Crippen LogP contribution in [0.4, 0.5) is 14.5 Å². The Hall–Kier alpha value is -3.82. The molecule has 2 aromatic heterocycles. The van der Waals surface area contributed by atoms with Crippen molar-refractivity contribution in [2.75, 3.05) is 18.0 Å². The van der Waals surface area contributed by atoms with Crippen molar-refractivity contribution in [3.63, 3.8) is 0 Å². The summed E-state index contributed by atoms with van der Waals surface area (Å²) >= 11 is 0. The predicted molar refractivity (Wildman–Crippen MR) is 109 cm³/mol. The highest BCUT2D eigenvalue weighted by Gasteiger charge is 2.27. The molecule has 160 valence electrons. The van der Waals surface area contributed by atoms with E-state index in [2.05, 4.69) is 10.3 Å². The molecule has 0 saturated carbocycles. The van der Waals surface area contributed by atoms with Crippen LogP contribution in [0.15, 0.2) is 41.6 Å². The molecule has 2 N–H and O–H groups in total. The SMILES string of the molecule is CC(=O)NC1CCN(c2cc3c(cc2F)c(=O)c(C(=O)O)cn3-c2ccncc2F)C1. The number of nitrogens with one attached hydrogen (secondary N) is 1. The number of halogens is 2. The minimum atomic E-state index is -1.50. The van der Waals surface area contributed by atoms with Crippen LogP contribution >= 0.6 is 0 Å². The van der Waals surface area contributed by atoms with E-state index < -0.39 is 28.6 Å². The number of carboxylic acids is 1. The number of anilines is 1. The number of pyridine rings is 2. The van der Waals surface area contributed by atoms with E-state index in [4.69, 9.17) is 0 Å². The van der Waals surface area contributed by atoms with Gasteiger partial charge in [0.1, 0.15) is 11.4 Å². The maximum absolute atomic E-state index is 15.0. The highest BCUT2D eigenvalue weighted by Crippen LogP contribution is 2.29. The van der Waals surface area contributed by atoms with E-state index in [9.17, 15) is 28.3 Å². The Morgan fingerprint density at radius 3 is 2.68 bits per heavy atom. The van der Waals surface area contributed by atoms with Gasteiger partial charge in [-0.1, -0.05) is 0 Å². The number of fused-ring (bicyclic) bond motifs is 1. The summed E-state index contributed by atoms with van der Waals surface area (Å²) in [5.41, 5.74) is -1.18. The predicted octanol–water partition coefficient (Wildman–Crippen LogP) is 2.08. The van der Waals surface area contributed by atoms with Gasteiger partial charge in [-0.05, 0) is 24.6 Å². The van der Waals surface area contributed by atoms with E-state index in [1.54, 1.807) is 4.90 Å². The molecular formula is C21H18F2N4O4. The summed E-state index contributed by atoms with van der Waals surface area (Å²) in [6.45, 7) is 2.23. The molecule has 0 aliphatic carbocycles. The number of hydrogen-bond donors (Lipinski definition) is 2. The maximum atomic E-state index is 15.0. The minimum Gasteiger partial charge on any atom is -0.477 e. The first-order chi connectivity index (χ1) is 14.8. The third-order valence-electron chi connectivity index (χ3n) is 5.25. The third kappa shape index (κ3) is 3.72. The Labute approximate surface area is 174 Å². The molecule has 3 aromatic rings. The van der Waals surface area contributed by atoms with Gasteiger partial charge in [0.15, 0.2) is 5.82 Å². The summed E-state index contributed by atoms with van der Waals surface area (Å²) in [7, 11) is 0. The number of aromatic nitrogens is 2. The molecule has 4 rings (SSSR count). The highest BCUT2D eigenvalue weighted by molar-refractivity contribution is 5.94. The summed E-state index contributed by atoms with van der Waals surface area (Å²) < 4.78 is 30.6. The van der Waals surface area contributed by atoms with E-state index in [1.165, 1.54) is 29.8 Å². The van der Waals surface area contributed by atoms with Crippen LogP contribution in [0, 0.1) is 11.6 Å². The van der Waals surface area contributed by atoms with Gasteiger partial charge in [-0.15, -0.1) is 0 Å². The average Bonchev–Trinajstić information content (AvgIpc) is 3.16. The summed E-state index contributed by atoms with van der Waals surface area (Å²) in [4.78, 5) is 40.9. The van der Waals surface area contributed by atoms with Crippen LogP contribution < -0.4 is 15.6 Å². The fraction of sp³-hybridized carbons (Fsp3) is 0.238. The van der Waals surface area contributed by atoms with E-state index in [0.717, 1.165) is 18.5 Å². The van der Waals surface area contributed by atoms with Gasteiger partial charge in [0.2, 0.25) is 11.3 Å². The summed E-state index contributed by atoms with van der Waals surface area (Å²) in [6.07, 6.45) is 3.92. The Kier molecular flexibility index (Phi) is 5.14. The van der Waals surface area contributed by atoms with Gasteiger partial charge in [0.25, 0.3) is 0 Å². The van der Waals surface area contributed by atoms with E-state index in [0.29, 0.717) is 19.5 Å². The van der Waals surface area contributed by atoms with Crippen molar-refractivity contribution in [2.45, 2.75) is 19.4 Å². The molecule has 1 saturated heterocycles.